The topological polar surface area (TPSA) is 62.8 Å². The van der Waals surface area contributed by atoms with Gasteiger partial charge in [-0.05, 0) is 24.3 Å². The van der Waals surface area contributed by atoms with E-state index < -0.39 is 0 Å². The van der Waals surface area contributed by atoms with Crippen molar-refractivity contribution in [2.45, 2.75) is 5.92 Å². The van der Waals surface area contributed by atoms with Crippen molar-refractivity contribution in [3.8, 4) is 11.5 Å². The van der Waals surface area contributed by atoms with E-state index in [0.717, 1.165) is 0 Å². The molecule has 0 saturated carbocycles. The fourth-order valence-electron chi connectivity index (χ4n) is 1.52. The molecule has 90 valence electrons. The summed E-state index contributed by atoms with van der Waals surface area (Å²) in [5.74, 6) is 0.925. The molecule has 17 heavy (non-hydrogen) atoms. The van der Waals surface area contributed by atoms with E-state index in [1.807, 2.05) is 0 Å². The predicted octanol–water partition coefficient (Wildman–Crippen LogP) is 2.14. The van der Waals surface area contributed by atoms with Crippen LogP contribution in [-0.4, -0.2) is 23.4 Å². The number of aromatic hydroxyl groups is 1. The number of aliphatic hydroxyl groups is 1. The first-order chi connectivity index (χ1) is 8.31. The molecule has 0 aliphatic carbocycles. The van der Waals surface area contributed by atoms with Gasteiger partial charge in [-0.2, -0.15) is 0 Å². The normalized spacial score (nSPS) is 12.3. The largest absolute Gasteiger partial charge is 0.504 e. The van der Waals surface area contributed by atoms with Crippen LogP contribution in [0, 0.1) is 0 Å². The molecule has 2 aromatic rings. The van der Waals surface area contributed by atoms with Gasteiger partial charge in [-0.15, -0.1) is 0 Å². The minimum Gasteiger partial charge on any atom is -0.504 e. The zero-order valence-electron chi connectivity index (χ0n) is 9.24. The number of phenols is 1. The highest BCUT2D eigenvalue weighted by atomic mass is 16.5. The second-order valence-electron chi connectivity index (χ2n) is 3.67. The first-order valence-corrected chi connectivity index (χ1v) is 5.36. The summed E-state index contributed by atoms with van der Waals surface area (Å²) in [6.45, 7) is 0.183. The molecule has 0 fully saturated rings. The summed E-state index contributed by atoms with van der Waals surface area (Å²) in [6, 6.07) is 10.3. The van der Waals surface area contributed by atoms with Crippen molar-refractivity contribution in [1.29, 1.82) is 0 Å². The van der Waals surface area contributed by atoms with Crippen molar-refractivity contribution in [3.63, 3.8) is 0 Å². The van der Waals surface area contributed by atoms with Crippen molar-refractivity contribution in [1.82, 2.24) is 0 Å². The van der Waals surface area contributed by atoms with Crippen LogP contribution in [0.25, 0.3) is 0 Å². The first-order valence-electron chi connectivity index (χ1n) is 5.36. The Hall–Kier alpha value is -1.94. The molecule has 1 heterocycles. The number of phenolic OH excluding ortho intramolecular Hbond substituents is 1. The summed E-state index contributed by atoms with van der Waals surface area (Å²) in [5.41, 5.74) is 0. The molecule has 0 aliphatic rings. The number of aliphatic hydroxyl groups excluding tert-OH is 1. The summed E-state index contributed by atoms with van der Waals surface area (Å²) in [7, 11) is 0. The maximum absolute atomic E-state index is 9.52. The molecule has 0 amide bonds. The molecular formula is C13H14O4. The SMILES string of the molecule is OCC(COc1ccccc1O)c1ccco1. The number of benzene rings is 1. The molecule has 1 atom stereocenters. The third-order valence-electron chi connectivity index (χ3n) is 2.47. The fourth-order valence-corrected chi connectivity index (χ4v) is 1.52. The lowest BCUT2D eigenvalue weighted by molar-refractivity contribution is 0.187. The fraction of sp³-hybridized carbons (Fsp3) is 0.231. The van der Waals surface area contributed by atoms with E-state index in [1.165, 1.54) is 0 Å². The highest BCUT2D eigenvalue weighted by molar-refractivity contribution is 5.37. The quantitative estimate of drug-likeness (QED) is 0.832. The molecule has 1 aromatic heterocycles. The zero-order chi connectivity index (χ0) is 12.1. The molecule has 4 nitrogen and oxygen atoms in total. The van der Waals surface area contributed by atoms with Crippen molar-refractivity contribution in [2.75, 3.05) is 13.2 Å². The van der Waals surface area contributed by atoms with Gasteiger partial charge in [-0.1, -0.05) is 12.1 Å². The third kappa shape index (κ3) is 2.79. The van der Waals surface area contributed by atoms with Gasteiger partial charge in [0.1, 0.15) is 12.4 Å². The Labute approximate surface area is 99.1 Å². The number of hydrogen-bond donors (Lipinski definition) is 2. The van der Waals surface area contributed by atoms with Crippen LogP contribution >= 0.6 is 0 Å². The van der Waals surface area contributed by atoms with Crippen LogP contribution in [0.1, 0.15) is 11.7 Å². The molecule has 1 aromatic carbocycles. The van der Waals surface area contributed by atoms with Crippen LogP contribution in [0.4, 0.5) is 0 Å². The van der Waals surface area contributed by atoms with Crippen LogP contribution in [0.2, 0.25) is 0 Å². The molecular weight excluding hydrogens is 220 g/mol. The van der Waals surface area contributed by atoms with E-state index >= 15 is 0 Å². The van der Waals surface area contributed by atoms with Gasteiger partial charge in [-0.3, -0.25) is 0 Å². The monoisotopic (exact) mass is 234 g/mol. The number of para-hydroxylation sites is 2. The number of rotatable bonds is 5. The smallest absolute Gasteiger partial charge is 0.160 e. The maximum Gasteiger partial charge on any atom is 0.160 e. The highest BCUT2D eigenvalue weighted by Gasteiger charge is 2.14. The molecule has 0 spiro atoms. The minimum absolute atomic E-state index is 0.0683. The van der Waals surface area contributed by atoms with Gasteiger partial charge in [0.25, 0.3) is 0 Å². The lowest BCUT2D eigenvalue weighted by Gasteiger charge is -2.13. The summed E-state index contributed by atoms with van der Waals surface area (Å²) in [4.78, 5) is 0. The van der Waals surface area contributed by atoms with Crippen LogP contribution < -0.4 is 4.74 Å². The van der Waals surface area contributed by atoms with Crippen molar-refractivity contribution < 1.29 is 19.4 Å². The van der Waals surface area contributed by atoms with E-state index in [9.17, 15) is 10.2 Å². The van der Waals surface area contributed by atoms with Crippen LogP contribution in [0.5, 0.6) is 11.5 Å². The number of ether oxygens (including phenoxy) is 1. The van der Waals surface area contributed by atoms with Gasteiger partial charge in [0.15, 0.2) is 11.5 Å². The standard InChI is InChI=1S/C13H14O4/c14-8-10(12-6-3-7-16-12)9-17-13-5-2-1-4-11(13)15/h1-7,10,14-15H,8-9H2. The zero-order valence-corrected chi connectivity index (χ0v) is 9.24. The summed E-state index contributed by atoms with van der Waals surface area (Å²) >= 11 is 0. The van der Waals surface area contributed by atoms with E-state index in [-0.39, 0.29) is 24.9 Å². The first kappa shape index (κ1) is 11.5. The summed E-state index contributed by atoms with van der Waals surface area (Å²) in [6.07, 6.45) is 1.55. The molecule has 1 unspecified atom stereocenters. The van der Waals surface area contributed by atoms with Crippen molar-refractivity contribution in [3.05, 3.63) is 48.4 Å². The van der Waals surface area contributed by atoms with Crippen LogP contribution in [-0.2, 0) is 0 Å². The average Bonchev–Trinajstić information content (AvgIpc) is 2.86. The minimum atomic E-state index is -0.232. The van der Waals surface area contributed by atoms with E-state index in [4.69, 9.17) is 9.15 Å². The van der Waals surface area contributed by atoms with Crippen molar-refractivity contribution >= 4 is 0 Å². The highest BCUT2D eigenvalue weighted by Crippen LogP contribution is 2.26. The van der Waals surface area contributed by atoms with Gasteiger partial charge in [0, 0.05) is 0 Å². The molecule has 2 N–H and O–H groups in total. The molecule has 0 saturated heterocycles. The second kappa shape index (κ2) is 5.41. The average molecular weight is 234 g/mol. The Morgan fingerprint density at radius 2 is 2.00 bits per heavy atom. The lowest BCUT2D eigenvalue weighted by Crippen LogP contribution is -2.13. The molecule has 0 bridgehead atoms. The Morgan fingerprint density at radius 1 is 1.18 bits per heavy atom. The predicted molar refractivity (Wildman–Crippen MR) is 62.1 cm³/mol. The molecule has 0 radical (unpaired) electrons. The van der Waals surface area contributed by atoms with Crippen molar-refractivity contribution in [2.24, 2.45) is 0 Å². The van der Waals surface area contributed by atoms with Gasteiger partial charge in [0.2, 0.25) is 0 Å². The summed E-state index contributed by atoms with van der Waals surface area (Å²) < 4.78 is 10.6. The van der Waals surface area contributed by atoms with E-state index in [2.05, 4.69) is 0 Å². The van der Waals surface area contributed by atoms with Gasteiger partial charge in [-0.25, -0.2) is 0 Å². The Balaban J connectivity index is 2.00. The number of hydrogen-bond acceptors (Lipinski definition) is 4. The molecule has 0 aliphatic heterocycles. The van der Waals surface area contributed by atoms with E-state index in [0.29, 0.717) is 11.5 Å². The molecule has 2 rings (SSSR count). The Morgan fingerprint density at radius 3 is 2.65 bits per heavy atom. The van der Waals surface area contributed by atoms with Crippen LogP contribution in [0.3, 0.4) is 0 Å². The van der Waals surface area contributed by atoms with Gasteiger partial charge < -0.3 is 19.4 Å². The third-order valence-corrected chi connectivity index (χ3v) is 2.47. The molecule has 4 heteroatoms. The van der Waals surface area contributed by atoms with Gasteiger partial charge in [0.05, 0.1) is 18.8 Å². The van der Waals surface area contributed by atoms with E-state index in [1.54, 1.807) is 42.7 Å². The van der Waals surface area contributed by atoms with Crippen LogP contribution in [0.15, 0.2) is 47.1 Å². The Bertz CT molecular complexity index is 450. The second-order valence-corrected chi connectivity index (χ2v) is 3.67. The lowest BCUT2D eigenvalue weighted by atomic mass is 10.1. The maximum atomic E-state index is 9.52. The Kier molecular flexibility index (Phi) is 3.67. The number of furan rings is 1. The summed E-state index contributed by atoms with van der Waals surface area (Å²) in [5, 5.41) is 18.8. The van der Waals surface area contributed by atoms with Gasteiger partial charge >= 0.3 is 0 Å².